The molecule has 0 atom stereocenters. The third-order valence-electron chi connectivity index (χ3n) is 8.09. The molecule has 3 aromatic rings. The lowest BCUT2D eigenvalue weighted by molar-refractivity contribution is 0.0709. The molecule has 1 aromatic carbocycles. The maximum absolute atomic E-state index is 13.4. The Labute approximate surface area is 220 Å². The van der Waals surface area contributed by atoms with Crippen molar-refractivity contribution in [3.8, 4) is 0 Å². The Morgan fingerprint density at radius 2 is 1.78 bits per heavy atom. The van der Waals surface area contributed by atoms with Crippen LogP contribution in [0.2, 0.25) is 0 Å². The number of imidazole rings is 2. The van der Waals surface area contributed by atoms with Crippen LogP contribution in [0, 0.1) is 11.3 Å². The van der Waals surface area contributed by atoms with Gasteiger partial charge >= 0.3 is 0 Å². The zero-order valence-electron chi connectivity index (χ0n) is 22.6. The van der Waals surface area contributed by atoms with E-state index in [0.29, 0.717) is 17.9 Å². The number of rotatable bonds is 9. The number of aryl methyl sites for hydroxylation is 1. The number of nitrogens with zero attached hydrogens (tertiary/aromatic N) is 6. The first kappa shape index (κ1) is 25.7. The number of H-pyrrole nitrogens is 1. The van der Waals surface area contributed by atoms with Gasteiger partial charge in [0.05, 0.1) is 13.1 Å². The van der Waals surface area contributed by atoms with Crippen LogP contribution < -0.4 is 0 Å². The number of amides is 1. The van der Waals surface area contributed by atoms with Gasteiger partial charge < -0.3 is 19.4 Å². The van der Waals surface area contributed by atoms with Gasteiger partial charge in [0, 0.05) is 63.6 Å². The van der Waals surface area contributed by atoms with E-state index in [1.54, 1.807) is 6.20 Å². The monoisotopic (exact) mass is 503 g/mol. The van der Waals surface area contributed by atoms with Crippen LogP contribution in [-0.4, -0.2) is 72.8 Å². The molecule has 2 aromatic heterocycles. The van der Waals surface area contributed by atoms with Crippen LogP contribution >= 0.6 is 0 Å². The van der Waals surface area contributed by atoms with E-state index in [2.05, 4.69) is 55.6 Å². The van der Waals surface area contributed by atoms with E-state index in [9.17, 15) is 4.79 Å². The van der Waals surface area contributed by atoms with Gasteiger partial charge in [0.25, 0.3) is 5.91 Å². The number of carbonyl (C=O) groups excluding carboxylic acids is 1. The highest BCUT2D eigenvalue weighted by molar-refractivity contribution is 5.94. The van der Waals surface area contributed by atoms with Crippen LogP contribution in [0.15, 0.2) is 49.1 Å². The van der Waals surface area contributed by atoms with Crippen molar-refractivity contribution < 1.29 is 4.79 Å². The third kappa shape index (κ3) is 6.30. The topological polar surface area (TPSA) is 73.3 Å². The molecule has 2 aliphatic rings. The number of hydrogen-bond acceptors (Lipinski definition) is 5. The number of nitrogens with one attached hydrogen (secondary N) is 1. The van der Waals surface area contributed by atoms with Gasteiger partial charge in [-0.1, -0.05) is 26.0 Å². The first-order valence-electron chi connectivity index (χ1n) is 13.7. The van der Waals surface area contributed by atoms with E-state index in [1.807, 2.05) is 42.3 Å². The Morgan fingerprint density at radius 3 is 2.43 bits per heavy atom. The van der Waals surface area contributed by atoms with Gasteiger partial charge in [0.2, 0.25) is 0 Å². The van der Waals surface area contributed by atoms with Crippen molar-refractivity contribution in [2.75, 3.05) is 32.7 Å². The van der Waals surface area contributed by atoms with Gasteiger partial charge in [0.1, 0.15) is 11.6 Å². The van der Waals surface area contributed by atoms with Crippen molar-refractivity contribution in [3.05, 3.63) is 71.8 Å². The summed E-state index contributed by atoms with van der Waals surface area (Å²) in [5.74, 6) is 2.83. The highest BCUT2D eigenvalue weighted by Crippen LogP contribution is 2.40. The van der Waals surface area contributed by atoms with Crippen molar-refractivity contribution in [3.63, 3.8) is 0 Å². The summed E-state index contributed by atoms with van der Waals surface area (Å²) >= 11 is 0. The summed E-state index contributed by atoms with van der Waals surface area (Å²) in [4.78, 5) is 32.5. The SMILES string of the molecule is CC(C)CN1CCC2(CC1)CCN(C(=O)c1ccc(CN(Cc3ncc[nH]3)Cc3nccn3C)cc1)C2. The van der Waals surface area contributed by atoms with Crippen LogP contribution in [-0.2, 0) is 26.7 Å². The number of piperidine rings is 1. The summed E-state index contributed by atoms with van der Waals surface area (Å²) in [6.07, 6.45) is 11.0. The second kappa shape index (κ2) is 11.2. The van der Waals surface area contributed by atoms with Gasteiger partial charge in [-0.3, -0.25) is 9.69 Å². The average molecular weight is 504 g/mol. The first-order chi connectivity index (χ1) is 17.9. The van der Waals surface area contributed by atoms with Crippen LogP contribution in [0.1, 0.15) is 60.7 Å². The summed E-state index contributed by atoms with van der Waals surface area (Å²) in [5, 5.41) is 0. The Kier molecular flexibility index (Phi) is 7.76. The van der Waals surface area contributed by atoms with Gasteiger partial charge in [-0.25, -0.2) is 9.97 Å². The smallest absolute Gasteiger partial charge is 0.253 e. The normalized spacial score (nSPS) is 17.9. The fraction of sp³-hybridized carbons (Fsp3) is 0.552. The number of aromatic nitrogens is 4. The quantitative estimate of drug-likeness (QED) is 0.479. The minimum Gasteiger partial charge on any atom is -0.348 e. The molecule has 2 aliphatic heterocycles. The molecule has 0 unspecified atom stereocenters. The molecule has 4 heterocycles. The molecule has 2 saturated heterocycles. The summed E-state index contributed by atoms with van der Waals surface area (Å²) in [5.41, 5.74) is 2.29. The Morgan fingerprint density at radius 1 is 1.03 bits per heavy atom. The molecule has 0 radical (unpaired) electrons. The molecule has 37 heavy (non-hydrogen) atoms. The molecule has 198 valence electrons. The zero-order chi connectivity index (χ0) is 25.8. The first-order valence-corrected chi connectivity index (χ1v) is 13.7. The Bertz CT molecular complexity index is 1140. The third-order valence-corrected chi connectivity index (χ3v) is 8.09. The van der Waals surface area contributed by atoms with Gasteiger partial charge in [-0.2, -0.15) is 0 Å². The summed E-state index contributed by atoms with van der Waals surface area (Å²) in [6, 6.07) is 8.19. The van der Waals surface area contributed by atoms with Crippen molar-refractivity contribution in [1.29, 1.82) is 0 Å². The predicted octanol–water partition coefficient (Wildman–Crippen LogP) is 3.93. The maximum atomic E-state index is 13.4. The fourth-order valence-electron chi connectivity index (χ4n) is 5.95. The standard InChI is InChI=1S/C29H41N7O/c1-23(2)18-34-14-8-29(9-15-34)10-16-36(22-29)28(37)25-6-4-24(5-7-25)19-35(20-26-30-11-12-31-26)21-27-32-13-17-33(27)3/h4-7,11-13,17,23H,8-10,14-16,18-22H2,1-3H3,(H,30,31). The number of likely N-dealkylation sites (tertiary alicyclic amines) is 2. The Balaban J connectivity index is 1.19. The lowest BCUT2D eigenvalue weighted by atomic mass is 9.77. The van der Waals surface area contributed by atoms with Gasteiger partial charge in [-0.15, -0.1) is 0 Å². The van der Waals surface area contributed by atoms with Crippen molar-refractivity contribution in [1.82, 2.24) is 34.2 Å². The van der Waals surface area contributed by atoms with E-state index in [1.165, 1.54) is 38.0 Å². The van der Waals surface area contributed by atoms with E-state index < -0.39 is 0 Å². The van der Waals surface area contributed by atoms with Crippen LogP contribution in [0.3, 0.4) is 0 Å². The molecule has 1 spiro atoms. The molecule has 8 heteroatoms. The van der Waals surface area contributed by atoms with E-state index in [-0.39, 0.29) is 5.91 Å². The van der Waals surface area contributed by atoms with E-state index >= 15 is 0 Å². The fourth-order valence-corrected chi connectivity index (χ4v) is 5.95. The molecule has 2 fully saturated rings. The molecule has 1 amide bonds. The summed E-state index contributed by atoms with van der Waals surface area (Å²) in [7, 11) is 2.02. The second-order valence-electron chi connectivity index (χ2n) is 11.5. The average Bonchev–Trinajstić information content (AvgIpc) is 3.64. The highest BCUT2D eigenvalue weighted by atomic mass is 16.2. The number of benzene rings is 1. The van der Waals surface area contributed by atoms with Crippen molar-refractivity contribution in [2.24, 2.45) is 18.4 Å². The van der Waals surface area contributed by atoms with Crippen LogP contribution in [0.4, 0.5) is 0 Å². The zero-order valence-corrected chi connectivity index (χ0v) is 22.6. The summed E-state index contributed by atoms with van der Waals surface area (Å²) in [6.45, 7) is 12.1. The van der Waals surface area contributed by atoms with E-state index in [0.717, 1.165) is 49.8 Å². The lowest BCUT2D eigenvalue weighted by Crippen LogP contribution is -2.43. The number of hydrogen-bond donors (Lipinski definition) is 1. The lowest BCUT2D eigenvalue weighted by Gasteiger charge is -2.39. The minimum absolute atomic E-state index is 0.175. The highest BCUT2D eigenvalue weighted by Gasteiger charge is 2.42. The summed E-state index contributed by atoms with van der Waals surface area (Å²) < 4.78 is 2.05. The van der Waals surface area contributed by atoms with Crippen molar-refractivity contribution in [2.45, 2.75) is 52.7 Å². The maximum Gasteiger partial charge on any atom is 0.253 e. The molecular weight excluding hydrogens is 462 g/mol. The van der Waals surface area contributed by atoms with E-state index in [4.69, 9.17) is 0 Å². The van der Waals surface area contributed by atoms with Crippen LogP contribution in [0.25, 0.3) is 0 Å². The Hall–Kier alpha value is -2.97. The minimum atomic E-state index is 0.175. The molecule has 1 N–H and O–H groups in total. The number of aromatic amines is 1. The van der Waals surface area contributed by atoms with Crippen molar-refractivity contribution >= 4 is 5.91 Å². The largest absolute Gasteiger partial charge is 0.348 e. The van der Waals surface area contributed by atoms with Gasteiger partial charge in [0.15, 0.2) is 0 Å². The molecule has 5 rings (SSSR count). The molecule has 8 nitrogen and oxygen atoms in total. The number of carbonyl (C=O) groups is 1. The predicted molar refractivity (Wildman–Crippen MR) is 145 cm³/mol. The second-order valence-corrected chi connectivity index (χ2v) is 11.5. The molecule has 0 aliphatic carbocycles. The van der Waals surface area contributed by atoms with Crippen LogP contribution in [0.5, 0.6) is 0 Å². The molecule has 0 saturated carbocycles. The molecule has 0 bridgehead atoms. The molecular formula is C29H41N7O. The van der Waals surface area contributed by atoms with Gasteiger partial charge in [-0.05, 0) is 61.4 Å².